The highest BCUT2D eigenvalue weighted by molar-refractivity contribution is 5.77. The summed E-state index contributed by atoms with van der Waals surface area (Å²) < 4.78 is 5.13. The van der Waals surface area contributed by atoms with E-state index in [0.29, 0.717) is 13.2 Å². The lowest BCUT2D eigenvalue weighted by atomic mass is 10.1. The summed E-state index contributed by atoms with van der Waals surface area (Å²) in [6.45, 7) is 4.79. The van der Waals surface area contributed by atoms with E-state index in [4.69, 9.17) is 4.74 Å². The van der Waals surface area contributed by atoms with Crippen LogP contribution in [0.4, 0.5) is 5.69 Å². The van der Waals surface area contributed by atoms with E-state index in [1.54, 1.807) is 0 Å². The van der Waals surface area contributed by atoms with Crippen molar-refractivity contribution in [2.24, 2.45) is 0 Å². The van der Waals surface area contributed by atoms with Gasteiger partial charge in [-0.25, -0.2) is 0 Å². The molecule has 0 radical (unpaired) electrons. The van der Waals surface area contributed by atoms with Crippen LogP contribution in [0.3, 0.4) is 0 Å². The van der Waals surface area contributed by atoms with Crippen molar-refractivity contribution < 1.29 is 9.53 Å². The zero-order valence-electron chi connectivity index (χ0n) is 11.0. The van der Waals surface area contributed by atoms with Crippen LogP contribution in [0, 0.1) is 0 Å². The van der Waals surface area contributed by atoms with Crippen LogP contribution in [0.5, 0.6) is 0 Å². The summed E-state index contributed by atoms with van der Waals surface area (Å²) in [5.41, 5.74) is 1.17. The molecule has 0 spiro atoms. The molecule has 1 heterocycles. The van der Waals surface area contributed by atoms with E-state index in [9.17, 15) is 4.79 Å². The average Bonchev–Trinajstić information content (AvgIpc) is 2.40. The highest BCUT2D eigenvalue weighted by Gasteiger charge is 2.31. The number of carbonyl (C=O) groups excluding carboxylic acids is 1. The lowest BCUT2D eigenvalue weighted by Crippen LogP contribution is -2.55. The maximum absolute atomic E-state index is 11.9. The maximum atomic E-state index is 11.9. The third kappa shape index (κ3) is 2.82. The number of likely N-dealkylation sites (N-methyl/N-ethyl adjacent to an activating group) is 1. The lowest BCUT2D eigenvalue weighted by Gasteiger charge is -2.39. The minimum atomic E-state index is -0.168. The molecule has 1 aliphatic rings. The van der Waals surface area contributed by atoms with Crippen molar-refractivity contribution in [3.63, 3.8) is 0 Å². The third-order valence-corrected chi connectivity index (χ3v) is 3.33. The molecule has 0 saturated carbocycles. The summed E-state index contributed by atoms with van der Waals surface area (Å²) in [5, 5.41) is 0. The molecule has 1 aromatic rings. The number of piperazine rings is 1. The second-order valence-corrected chi connectivity index (χ2v) is 4.53. The van der Waals surface area contributed by atoms with Gasteiger partial charge in [-0.15, -0.1) is 0 Å². The van der Waals surface area contributed by atoms with Crippen molar-refractivity contribution >= 4 is 11.7 Å². The van der Waals surface area contributed by atoms with Gasteiger partial charge in [-0.05, 0) is 26.1 Å². The Hall–Kier alpha value is -1.55. The standard InChI is InChI=1S/C14H20N2O2/c1-3-18-14(17)13-11-16(10-9-15(13)2)12-7-5-4-6-8-12/h4-8,13H,3,9-11H2,1-2H3. The number of para-hydroxylation sites is 1. The highest BCUT2D eigenvalue weighted by atomic mass is 16.5. The Labute approximate surface area is 108 Å². The van der Waals surface area contributed by atoms with E-state index in [0.717, 1.165) is 13.1 Å². The molecule has 1 unspecified atom stereocenters. The first-order valence-electron chi connectivity index (χ1n) is 6.39. The molecular weight excluding hydrogens is 228 g/mol. The summed E-state index contributed by atoms with van der Waals surface area (Å²) in [5.74, 6) is -0.124. The molecule has 0 aliphatic carbocycles. The van der Waals surface area contributed by atoms with E-state index >= 15 is 0 Å². The number of hydrogen-bond acceptors (Lipinski definition) is 4. The molecule has 4 nitrogen and oxygen atoms in total. The van der Waals surface area contributed by atoms with Gasteiger partial charge in [-0.3, -0.25) is 9.69 Å². The van der Waals surface area contributed by atoms with Crippen molar-refractivity contribution in [3.8, 4) is 0 Å². The number of hydrogen-bond donors (Lipinski definition) is 0. The Morgan fingerprint density at radius 1 is 1.33 bits per heavy atom. The summed E-state index contributed by atoms with van der Waals surface area (Å²) in [6.07, 6.45) is 0. The Morgan fingerprint density at radius 2 is 2.06 bits per heavy atom. The van der Waals surface area contributed by atoms with Gasteiger partial charge in [0.1, 0.15) is 6.04 Å². The van der Waals surface area contributed by atoms with E-state index in [-0.39, 0.29) is 12.0 Å². The van der Waals surface area contributed by atoms with E-state index in [1.807, 2.05) is 32.2 Å². The predicted octanol–water partition coefficient (Wildman–Crippen LogP) is 1.37. The molecule has 0 N–H and O–H groups in total. The Bertz CT molecular complexity index is 394. The number of anilines is 1. The summed E-state index contributed by atoms with van der Waals surface area (Å²) in [7, 11) is 1.98. The summed E-state index contributed by atoms with van der Waals surface area (Å²) in [4.78, 5) is 16.2. The lowest BCUT2D eigenvalue weighted by molar-refractivity contribution is -0.149. The van der Waals surface area contributed by atoms with Gasteiger partial charge in [0.2, 0.25) is 0 Å². The SMILES string of the molecule is CCOC(=O)C1CN(c2ccccc2)CCN1C. The molecule has 0 bridgehead atoms. The number of benzene rings is 1. The fourth-order valence-corrected chi connectivity index (χ4v) is 2.24. The molecule has 1 saturated heterocycles. The smallest absolute Gasteiger partial charge is 0.325 e. The van der Waals surface area contributed by atoms with Crippen molar-refractivity contribution in [3.05, 3.63) is 30.3 Å². The minimum absolute atomic E-state index is 0.124. The number of rotatable bonds is 3. The van der Waals surface area contributed by atoms with Gasteiger partial charge < -0.3 is 9.64 Å². The molecule has 18 heavy (non-hydrogen) atoms. The average molecular weight is 248 g/mol. The second kappa shape index (κ2) is 5.87. The van der Waals surface area contributed by atoms with E-state index in [1.165, 1.54) is 5.69 Å². The zero-order chi connectivity index (χ0) is 13.0. The van der Waals surface area contributed by atoms with Crippen LogP contribution in [-0.4, -0.2) is 50.2 Å². The summed E-state index contributed by atoms with van der Waals surface area (Å²) in [6, 6.07) is 10.0. The quantitative estimate of drug-likeness (QED) is 0.756. The van der Waals surface area contributed by atoms with Crippen LogP contribution < -0.4 is 4.90 Å². The van der Waals surface area contributed by atoms with Crippen LogP contribution in [0.15, 0.2) is 30.3 Å². The number of esters is 1. The van der Waals surface area contributed by atoms with Gasteiger partial charge in [0.25, 0.3) is 0 Å². The van der Waals surface area contributed by atoms with Gasteiger partial charge in [0.05, 0.1) is 6.61 Å². The normalized spacial score (nSPS) is 20.8. The molecule has 1 aromatic carbocycles. The Balaban J connectivity index is 2.07. The molecule has 1 atom stereocenters. The minimum Gasteiger partial charge on any atom is -0.465 e. The van der Waals surface area contributed by atoms with Crippen LogP contribution in [0.2, 0.25) is 0 Å². The van der Waals surface area contributed by atoms with Crippen LogP contribution in [0.1, 0.15) is 6.92 Å². The predicted molar refractivity (Wildman–Crippen MR) is 71.7 cm³/mol. The largest absolute Gasteiger partial charge is 0.465 e. The van der Waals surface area contributed by atoms with Gasteiger partial charge in [0, 0.05) is 25.3 Å². The molecule has 1 fully saturated rings. The molecule has 0 amide bonds. The number of ether oxygens (including phenoxy) is 1. The fraction of sp³-hybridized carbons (Fsp3) is 0.500. The van der Waals surface area contributed by atoms with Crippen LogP contribution in [-0.2, 0) is 9.53 Å². The molecular formula is C14H20N2O2. The third-order valence-electron chi connectivity index (χ3n) is 3.33. The maximum Gasteiger partial charge on any atom is 0.325 e. The van der Waals surface area contributed by atoms with Crippen molar-refractivity contribution in [2.75, 3.05) is 38.2 Å². The van der Waals surface area contributed by atoms with Crippen molar-refractivity contribution in [1.82, 2.24) is 4.90 Å². The van der Waals surface area contributed by atoms with Crippen molar-refractivity contribution in [1.29, 1.82) is 0 Å². The first-order valence-corrected chi connectivity index (χ1v) is 6.39. The summed E-state index contributed by atoms with van der Waals surface area (Å²) >= 11 is 0. The highest BCUT2D eigenvalue weighted by Crippen LogP contribution is 2.18. The van der Waals surface area contributed by atoms with E-state index < -0.39 is 0 Å². The van der Waals surface area contributed by atoms with Crippen LogP contribution >= 0.6 is 0 Å². The van der Waals surface area contributed by atoms with E-state index in [2.05, 4.69) is 21.9 Å². The first-order chi connectivity index (χ1) is 8.72. The zero-order valence-corrected chi connectivity index (χ0v) is 11.0. The Kier molecular flexibility index (Phi) is 4.20. The topological polar surface area (TPSA) is 32.8 Å². The Morgan fingerprint density at radius 3 is 2.72 bits per heavy atom. The van der Waals surface area contributed by atoms with Gasteiger partial charge in [-0.1, -0.05) is 18.2 Å². The number of carbonyl (C=O) groups is 1. The van der Waals surface area contributed by atoms with Gasteiger partial charge in [0.15, 0.2) is 0 Å². The van der Waals surface area contributed by atoms with Crippen LogP contribution in [0.25, 0.3) is 0 Å². The first kappa shape index (κ1) is 12.9. The molecule has 98 valence electrons. The molecule has 0 aromatic heterocycles. The van der Waals surface area contributed by atoms with Gasteiger partial charge in [-0.2, -0.15) is 0 Å². The fourth-order valence-electron chi connectivity index (χ4n) is 2.24. The number of nitrogens with zero attached hydrogens (tertiary/aromatic N) is 2. The molecule has 4 heteroatoms. The van der Waals surface area contributed by atoms with Gasteiger partial charge >= 0.3 is 5.97 Å². The molecule has 1 aliphatic heterocycles. The monoisotopic (exact) mass is 248 g/mol. The second-order valence-electron chi connectivity index (χ2n) is 4.53. The van der Waals surface area contributed by atoms with Crippen molar-refractivity contribution in [2.45, 2.75) is 13.0 Å². The molecule has 2 rings (SSSR count).